The van der Waals surface area contributed by atoms with Crippen LogP contribution in [0.3, 0.4) is 0 Å². The van der Waals surface area contributed by atoms with Crippen molar-refractivity contribution in [1.82, 2.24) is 9.97 Å². The Kier molecular flexibility index (Phi) is 4.22. The molecular weight excluding hydrogens is 328 g/mol. The molecule has 1 aromatic carbocycles. The van der Waals surface area contributed by atoms with Crippen LogP contribution >= 0.6 is 15.9 Å². The number of rotatable bonds is 2. The number of hydrogen-bond acceptors (Lipinski definition) is 4. The van der Waals surface area contributed by atoms with Crippen LogP contribution in [0.25, 0.3) is 11.3 Å². The lowest BCUT2D eigenvalue weighted by atomic mass is 10.1. The number of piperidine rings is 1. The summed E-state index contributed by atoms with van der Waals surface area (Å²) >= 11 is 3.52. The third kappa shape index (κ3) is 3.24. The van der Waals surface area contributed by atoms with Crippen LogP contribution < -0.4 is 10.6 Å². The van der Waals surface area contributed by atoms with E-state index in [1.807, 2.05) is 25.3 Å². The van der Waals surface area contributed by atoms with Crippen molar-refractivity contribution < 1.29 is 0 Å². The molecule has 1 aliphatic rings. The van der Waals surface area contributed by atoms with Crippen molar-refractivity contribution in [3.8, 4) is 11.3 Å². The quantitative estimate of drug-likeness (QED) is 0.907. The maximum atomic E-state index is 5.96. The largest absolute Gasteiger partial charge is 0.341 e. The highest BCUT2D eigenvalue weighted by Gasteiger charge is 2.19. The normalized spacial score (nSPS) is 16.2. The fraction of sp³-hybridized carbons (Fsp3) is 0.375. The summed E-state index contributed by atoms with van der Waals surface area (Å²) in [6.45, 7) is 3.91. The van der Waals surface area contributed by atoms with Crippen molar-refractivity contribution in [3.05, 3.63) is 40.5 Å². The fourth-order valence-corrected chi connectivity index (χ4v) is 3.01. The van der Waals surface area contributed by atoms with Gasteiger partial charge in [-0.25, -0.2) is 9.97 Å². The molecule has 0 unspecified atom stereocenters. The molecule has 4 nitrogen and oxygen atoms in total. The van der Waals surface area contributed by atoms with Gasteiger partial charge in [-0.05, 0) is 37.5 Å². The predicted octanol–water partition coefficient (Wildman–Crippen LogP) is 3.14. The number of aromatic nitrogens is 2. The minimum atomic E-state index is 0.316. The molecule has 1 fully saturated rings. The first-order valence-corrected chi connectivity index (χ1v) is 8.03. The molecule has 0 spiro atoms. The second-order valence-corrected chi connectivity index (χ2v) is 6.45. The van der Waals surface area contributed by atoms with Crippen molar-refractivity contribution in [1.29, 1.82) is 0 Å². The minimum Gasteiger partial charge on any atom is -0.341 e. The van der Waals surface area contributed by atoms with Crippen LogP contribution in [-0.4, -0.2) is 29.1 Å². The summed E-state index contributed by atoms with van der Waals surface area (Å²) in [7, 11) is 0. The van der Waals surface area contributed by atoms with Crippen LogP contribution in [0.4, 0.5) is 5.95 Å². The maximum absolute atomic E-state index is 5.96. The van der Waals surface area contributed by atoms with Crippen molar-refractivity contribution in [2.24, 2.45) is 5.73 Å². The molecule has 21 heavy (non-hydrogen) atoms. The van der Waals surface area contributed by atoms with Crippen LogP contribution in [0.2, 0.25) is 0 Å². The van der Waals surface area contributed by atoms with Crippen LogP contribution in [0.15, 0.2) is 34.9 Å². The highest BCUT2D eigenvalue weighted by Crippen LogP contribution is 2.26. The Bertz CT molecular complexity index is 636. The third-order valence-corrected chi connectivity index (χ3v) is 4.37. The molecule has 5 heteroatoms. The maximum Gasteiger partial charge on any atom is 0.225 e. The molecule has 1 aliphatic heterocycles. The van der Waals surface area contributed by atoms with E-state index in [9.17, 15) is 0 Å². The van der Waals surface area contributed by atoms with Gasteiger partial charge in [0.25, 0.3) is 0 Å². The zero-order valence-electron chi connectivity index (χ0n) is 12.1. The smallest absolute Gasteiger partial charge is 0.225 e. The van der Waals surface area contributed by atoms with E-state index in [-0.39, 0.29) is 0 Å². The highest BCUT2D eigenvalue weighted by molar-refractivity contribution is 9.10. The van der Waals surface area contributed by atoms with E-state index in [1.54, 1.807) is 0 Å². The highest BCUT2D eigenvalue weighted by atomic mass is 79.9. The van der Waals surface area contributed by atoms with Gasteiger partial charge in [-0.2, -0.15) is 0 Å². The molecule has 0 saturated carbocycles. The first-order valence-electron chi connectivity index (χ1n) is 7.23. The standard InChI is InChI=1S/C16H19BrN4/c1-11-10-19-16(21-7-5-14(18)6-8-21)20-15(11)12-3-2-4-13(17)9-12/h2-4,9-10,14H,5-8,18H2,1H3. The number of nitrogens with zero attached hydrogens (tertiary/aromatic N) is 3. The summed E-state index contributed by atoms with van der Waals surface area (Å²) in [5, 5.41) is 0. The Morgan fingerprint density at radius 1 is 1.29 bits per heavy atom. The third-order valence-electron chi connectivity index (χ3n) is 3.88. The summed E-state index contributed by atoms with van der Waals surface area (Å²) < 4.78 is 1.06. The molecule has 0 bridgehead atoms. The monoisotopic (exact) mass is 346 g/mol. The fourth-order valence-electron chi connectivity index (χ4n) is 2.61. The summed E-state index contributed by atoms with van der Waals surface area (Å²) in [4.78, 5) is 11.5. The second-order valence-electron chi connectivity index (χ2n) is 5.54. The zero-order chi connectivity index (χ0) is 14.8. The van der Waals surface area contributed by atoms with Crippen LogP contribution in [0.5, 0.6) is 0 Å². The first kappa shape index (κ1) is 14.5. The van der Waals surface area contributed by atoms with Crippen LogP contribution in [-0.2, 0) is 0 Å². The molecular formula is C16H19BrN4. The molecule has 3 rings (SSSR count). The number of aryl methyl sites for hydroxylation is 1. The van der Waals surface area contributed by atoms with E-state index in [0.29, 0.717) is 6.04 Å². The van der Waals surface area contributed by atoms with Crippen molar-refractivity contribution >= 4 is 21.9 Å². The van der Waals surface area contributed by atoms with Gasteiger partial charge in [-0.15, -0.1) is 0 Å². The Hall–Kier alpha value is -1.46. The number of halogens is 1. The van der Waals surface area contributed by atoms with Gasteiger partial charge >= 0.3 is 0 Å². The van der Waals surface area contributed by atoms with E-state index < -0.39 is 0 Å². The van der Waals surface area contributed by atoms with Crippen LogP contribution in [0.1, 0.15) is 18.4 Å². The SMILES string of the molecule is Cc1cnc(N2CCC(N)CC2)nc1-c1cccc(Br)c1. The Morgan fingerprint density at radius 3 is 2.76 bits per heavy atom. The van der Waals surface area contributed by atoms with Gasteiger partial charge in [0.05, 0.1) is 5.69 Å². The summed E-state index contributed by atoms with van der Waals surface area (Å²) in [5.41, 5.74) is 9.16. The van der Waals surface area contributed by atoms with Crippen molar-refractivity contribution in [3.63, 3.8) is 0 Å². The number of anilines is 1. The molecule has 110 valence electrons. The summed E-state index contributed by atoms with van der Waals surface area (Å²) in [6, 6.07) is 8.53. The molecule has 0 radical (unpaired) electrons. The number of nitrogens with two attached hydrogens (primary N) is 1. The molecule has 1 saturated heterocycles. The van der Waals surface area contributed by atoms with Gasteiger partial charge in [0.2, 0.25) is 5.95 Å². The van der Waals surface area contributed by atoms with Gasteiger partial charge in [-0.1, -0.05) is 28.1 Å². The number of hydrogen-bond donors (Lipinski definition) is 1. The van der Waals surface area contributed by atoms with E-state index >= 15 is 0 Å². The molecule has 0 amide bonds. The van der Waals surface area contributed by atoms with Gasteiger partial charge in [0.1, 0.15) is 0 Å². The molecule has 0 aliphatic carbocycles. The van der Waals surface area contributed by atoms with Gasteiger partial charge in [0, 0.05) is 35.4 Å². The lowest BCUT2D eigenvalue weighted by Gasteiger charge is -2.30. The van der Waals surface area contributed by atoms with E-state index in [2.05, 4.69) is 37.9 Å². The van der Waals surface area contributed by atoms with Crippen molar-refractivity contribution in [2.75, 3.05) is 18.0 Å². The first-order chi connectivity index (χ1) is 10.1. The second kappa shape index (κ2) is 6.12. The van der Waals surface area contributed by atoms with Gasteiger partial charge in [-0.3, -0.25) is 0 Å². The molecule has 2 N–H and O–H groups in total. The average molecular weight is 347 g/mol. The van der Waals surface area contributed by atoms with Gasteiger partial charge < -0.3 is 10.6 Å². The Balaban J connectivity index is 1.93. The molecule has 0 atom stereocenters. The molecule has 2 heterocycles. The predicted molar refractivity (Wildman–Crippen MR) is 89.3 cm³/mol. The lowest BCUT2D eigenvalue weighted by molar-refractivity contribution is 0.495. The topological polar surface area (TPSA) is 55.0 Å². The van der Waals surface area contributed by atoms with E-state index in [0.717, 1.165) is 53.2 Å². The van der Waals surface area contributed by atoms with Crippen molar-refractivity contribution in [2.45, 2.75) is 25.8 Å². The number of benzene rings is 1. The van der Waals surface area contributed by atoms with Gasteiger partial charge in [0.15, 0.2) is 0 Å². The lowest BCUT2D eigenvalue weighted by Crippen LogP contribution is -2.40. The molecule has 1 aromatic heterocycles. The summed E-state index contributed by atoms with van der Waals surface area (Å²) in [6.07, 6.45) is 3.92. The van der Waals surface area contributed by atoms with E-state index in [1.165, 1.54) is 0 Å². The average Bonchev–Trinajstić information content (AvgIpc) is 2.49. The molecule has 2 aromatic rings. The van der Waals surface area contributed by atoms with E-state index in [4.69, 9.17) is 10.7 Å². The Labute approximate surface area is 133 Å². The minimum absolute atomic E-state index is 0.316. The zero-order valence-corrected chi connectivity index (χ0v) is 13.7. The van der Waals surface area contributed by atoms with Crippen LogP contribution in [0, 0.1) is 6.92 Å². The Morgan fingerprint density at radius 2 is 2.05 bits per heavy atom. The summed E-state index contributed by atoms with van der Waals surface area (Å²) in [5.74, 6) is 0.808.